The third-order valence-electron chi connectivity index (χ3n) is 4.54. The Kier molecular flexibility index (Phi) is 6.56. The molecule has 1 amide bonds. The third-order valence-corrected chi connectivity index (χ3v) is 6.69. The van der Waals surface area contributed by atoms with Crippen LogP contribution in [0.15, 0.2) is 53.4 Å². The van der Waals surface area contributed by atoms with Crippen LogP contribution >= 0.6 is 11.6 Å². The molecule has 0 aliphatic carbocycles. The van der Waals surface area contributed by atoms with E-state index in [2.05, 4.69) is 5.32 Å². The minimum absolute atomic E-state index is 0.127. The first kappa shape index (κ1) is 21.3. The molecule has 1 saturated heterocycles. The van der Waals surface area contributed by atoms with Crippen LogP contribution in [0.25, 0.3) is 0 Å². The molecule has 7 nitrogen and oxygen atoms in total. The van der Waals surface area contributed by atoms with Crippen LogP contribution in [0.1, 0.15) is 30.1 Å². The van der Waals surface area contributed by atoms with Crippen molar-refractivity contribution in [2.75, 3.05) is 18.4 Å². The van der Waals surface area contributed by atoms with Gasteiger partial charge in [0.05, 0.1) is 10.5 Å². The highest BCUT2D eigenvalue weighted by Gasteiger charge is 2.27. The lowest BCUT2D eigenvalue weighted by atomic mass is 10.2. The monoisotopic (exact) mass is 436 g/mol. The van der Waals surface area contributed by atoms with Crippen molar-refractivity contribution in [1.82, 2.24) is 4.31 Å². The third kappa shape index (κ3) is 5.14. The molecule has 2 aromatic carbocycles. The van der Waals surface area contributed by atoms with E-state index in [1.807, 2.05) is 0 Å². The van der Waals surface area contributed by atoms with E-state index in [0.717, 1.165) is 12.8 Å². The van der Waals surface area contributed by atoms with Crippen molar-refractivity contribution in [1.29, 1.82) is 0 Å². The number of nitrogens with zero attached hydrogens (tertiary/aromatic N) is 1. The molecule has 0 radical (unpaired) electrons. The Morgan fingerprint density at radius 1 is 1.10 bits per heavy atom. The second-order valence-electron chi connectivity index (χ2n) is 6.68. The first-order chi connectivity index (χ1) is 13.8. The zero-order valence-corrected chi connectivity index (χ0v) is 17.4. The number of anilines is 1. The predicted molar refractivity (Wildman–Crippen MR) is 109 cm³/mol. The first-order valence-corrected chi connectivity index (χ1v) is 11.0. The van der Waals surface area contributed by atoms with E-state index in [9.17, 15) is 18.0 Å². The Balaban J connectivity index is 1.62. The summed E-state index contributed by atoms with van der Waals surface area (Å²) >= 11 is 5.88. The van der Waals surface area contributed by atoms with Crippen LogP contribution in [0.2, 0.25) is 5.02 Å². The SMILES string of the molecule is C[C@@H](OC(=O)c1ccc(S(=O)(=O)N2CCCC2)cc1)C(=O)Nc1cccc(Cl)c1. The second kappa shape index (κ2) is 8.94. The van der Waals surface area contributed by atoms with Crippen LogP contribution in [-0.2, 0) is 19.6 Å². The Bertz CT molecular complexity index is 1000. The Hall–Kier alpha value is -2.42. The van der Waals surface area contributed by atoms with E-state index in [1.54, 1.807) is 24.3 Å². The van der Waals surface area contributed by atoms with Gasteiger partial charge in [-0.2, -0.15) is 4.31 Å². The maximum absolute atomic E-state index is 12.5. The van der Waals surface area contributed by atoms with Gasteiger partial charge < -0.3 is 10.1 Å². The van der Waals surface area contributed by atoms with Crippen molar-refractivity contribution in [2.45, 2.75) is 30.8 Å². The molecule has 29 heavy (non-hydrogen) atoms. The summed E-state index contributed by atoms with van der Waals surface area (Å²) in [6.07, 6.45) is 0.645. The minimum Gasteiger partial charge on any atom is -0.449 e. The maximum Gasteiger partial charge on any atom is 0.338 e. The van der Waals surface area contributed by atoms with Gasteiger partial charge in [-0.3, -0.25) is 4.79 Å². The number of hydrogen-bond donors (Lipinski definition) is 1. The highest BCUT2D eigenvalue weighted by atomic mass is 35.5. The minimum atomic E-state index is -3.55. The highest BCUT2D eigenvalue weighted by molar-refractivity contribution is 7.89. The predicted octanol–water partition coefficient (Wildman–Crippen LogP) is 3.31. The van der Waals surface area contributed by atoms with Gasteiger partial charge in [0.2, 0.25) is 10.0 Å². The molecule has 1 fully saturated rings. The largest absolute Gasteiger partial charge is 0.449 e. The number of carbonyl (C=O) groups is 2. The quantitative estimate of drug-likeness (QED) is 0.701. The number of sulfonamides is 1. The average molecular weight is 437 g/mol. The lowest BCUT2D eigenvalue weighted by molar-refractivity contribution is -0.123. The summed E-state index contributed by atoms with van der Waals surface area (Å²) in [4.78, 5) is 24.6. The zero-order chi connectivity index (χ0) is 21.0. The second-order valence-corrected chi connectivity index (χ2v) is 9.06. The Morgan fingerprint density at radius 2 is 1.76 bits per heavy atom. The lowest BCUT2D eigenvalue weighted by Gasteiger charge is -2.16. The van der Waals surface area contributed by atoms with E-state index in [-0.39, 0.29) is 10.5 Å². The number of nitrogens with one attached hydrogen (secondary N) is 1. The summed E-state index contributed by atoms with van der Waals surface area (Å²) < 4.78 is 31.7. The number of ether oxygens (including phenoxy) is 1. The van der Waals surface area contributed by atoms with E-state index in [0.29, 0.717) is 23.8 Å². The molecule has 0 spiro atoms. The molecule has 0 unspecified atom stereocenters. The van der Waals surface area contributed by atoms with Crippen molar-refractivity contribution in [3.63, 3.8) is 0 Å². The van der Waals surface area contributed by atoms with E-state index in [1.165, 1.54) is 35.5 Å². The summed E-state index contributed by atoms with van der Waals surface area (Å²) in [5, 5.41) is 3.08. The molecular weight excluding hydrogens is 416 g/mol. The van der Waals surface area contributed by atoms with E-state index >= 15 is 0 Å². The van der Waals surface area contributed by atoms with Crippen LogP contribution in [-0.4, -0.2) is 43.8 Å². The van der Waals surface area contributed by atoms with Crippen molar-refractivity contribution >= 4 is 39.2 Å². The fourth-order valence-corrected chi connectivity index (χ4v) is 4.64. The van der Waals surface area contributed by atoms with Crippen molar-refractivity contribution in [3.8, 4) is 0 Å². The molecule has 2 aromatic rings. The molecule has 154 valence electrons. The average Bonchev–Trinajstić information content (AvgIpc) is 3.23. The molecular formula is C20H21ClN2O5S. The van der Waals surface area contributed by atoms with Gasteiger partial charge in [-0.15, -0.1) is 0 Å². The normalized spacial score (nSPS) is 15.7. The van der Waals surface area contributed by atoms with E-state index in [4.69, 9.17) is 16.3 Å². The molecule has 1 heterocycles. The number of halogens is 1. The number of amides is 1. The van der Waals surface area contributed by atoms with Gasteiger partial charge in [-0.25, -0.2) is 13.2 Å². The fourth-order valence-electron chi connectivity index (χ4n) is 2.93. The number of esters is 1. The molecule has 1 aliphatic rings. The molecule has 1 N–H and O–H groups in total. The molecule has 0 bridgehead atoms. The van der Waals surface area contributed by atoms with Gasteiger partial charge in [0.25, 0.3) is 5.91 Å². The Labute approximate surface area is 174 Å². The smallest absolute Gasteiger partial charge is 0.338 e. The van der Waals surface area contributed by atoms with Gasteiger partial charge >= 0.3 is 5.97 Å². The molecule has 1 atom stereocenters. The van der Waals surface area contributed by atoms with Crippen LogP contribution in [0, 0.1) is 0 Å². The van der Waals surface area contributed by atoms with Crippen LogP contribution < -0.4 is 5.32 Å². The number of carbonyl (C=O) groups excluding carboxylic acids is 2. The number of benzene rings is 2. The van der Waals surface area contributed by atoms with Gasteiger partial charge in [0.15, 0.2) is 6.10 Å². The van der Waals surface area contributed by atoms with Crippen molar-refractivity contribution in [3.05, 3.63) is 59.1 Å². The molecule has 3 rings (SSSR count). The lowest BCUT2D eigenvalue weighted by Crippen LogP contribution is -2.30. The topological polar surface area (TPSA) is 92.8 Å². The first-order valence-electron chi connectivity index (χ1n) is 9.15. The van der Waals surface area contributed by atoms with Gasteiger partial charge in [0.1, 0.15) is 0 Å². The zero-order valence-electron chi connectivity index (χ0n) is 15.8. The molecule has 9 heteroatoms. The molecule has 0 aromatic heterocycles. The summed E-state index contributed by atoms with van der Waals surface area (Å²) in [6, 6.07) is 12.1. The summed E-state index contributed by atoms with van der Waals surface area (Å²) in [6.45, 7) is 2.46. The van der Waals surface area contributed by atoms with E-state index < -0.39 is 28.0 Å². The number of rotatable bonds is 6. The van der Waals surface area contributed by atoms with Gasteiger partial charge in [0, 0.05) is 23.8 Å². The number of hydrogen-bond acceptors (Lipinski definition) is 5. The van der Waals surface area contributed by atoms with Crippen molar-refractivity contribution in [2.24, 2.45) is 0 Å². The summed E-state index contributed by atoms with van der Waals surface area (Å²) in [7, 11) is -3.55. The van der Waals surface area contributed by atoms with Crippen molar-refractivity contribution < 1.29 is 22.7 Å². The molecule has 0 saturated carbocycles. The maximum atomic E-state index is 12.5. The van der Waals surface area contributed by atoms with Crippen LogP contribution in [0.3, 0.4) is 0 Å². The highest BCUT2D eigenvalue weighted by Crippen LogP contribution is 2.21. The van der Waals surface area contributed by atoms with Gasteiger partial charge in [-0.1, -0.05) is 17.7 Å². The Morgan fingerprint density at radius 3 is 2.38 bits per heavy atom. The van der Waals surface area contributed by atoms with Gasteiger partial charge in [-0.05, 0) is 62.2 Å². The summed E-state index contributed by atoms with van der Waals surface area (Å²) in [5.41, 5.74) is 0.648. The standard InChI is InChI=1S/C20H21ClN2O5S/c1-14(19(24)22-17-6-4-5-16(21)13-17)28-20(25)15-7-9-18(10-8-15)29(26,27)23-11-2-3-12-23/h4-10,13-14H,2-3,11-12H2,1H3,(H,22,24)/t14-/m1/s1. The van der Waals surface area contributed by atoms with Crippen LogP contribution in [0.5, 0.6) is 0 Å². The summed E-state index contributed by atoms with van der Waals surface area (Å²) in [5.74, 6) is -1.22. The van der Waals surface area contributed by atoms with Crippen LogP contribution in [0.4, 0.5) is 5.69 Å². The fraction of sp³-hybridized carbons (Fsp3) is 0.300. The molecule has 1 aliphatic heterocycles.